The monoisotopic (exact) mass is 617 g/mol. The number of rotatable bonds is 4. The summed E-state index contributed by atoms with van der Waals surface area (Å²) in [5, 5.41) is 8.06. The molecule has 5 aliphatic heterocycles. The summed E-state index contributed by atoms with van der Waals surface area (Å²) in [4.78, 5) is 29.3. The Hall–Kier alpha value is -5.56. The molecular formula is C40H35N5O2. The molecule has 0 unspecified atom stereocenters. The van der Waals surface area contributed by atoms with Crippen LogP contribution in [0.15, 0.2) is 126 Å². The summed E-state index contributed by atoms with van der Waals surface area (Å²) in [6, 6.07) is 14.5. The maximum atomic E-state index is 14.0. The molecule has 1 aromatic heterocycles. The normalized spacial score (nSPS) is 18.4. The molecule has 1 fully saturated rings. The summed E-state index contributed by atoms with van der Waals surface area (Å²) < 4.78 is 6.12. The maximum absolute atomic E-state index is 14.0. The van der Waals surface area contributed by atoms with Crippen molar-refractivity contribution >= 4 is 34.7 Å². The van der Waals surface area contributed by atoms with Crippen LogP contribution >= 0.6 is 0 Å². The van der Waals surface area contributed by atoms with E-state index in [4.69, 9.17) is 19.4 Å². The Morgan fingerprint density at radius 2 is 1.64 bits per heavy atom. The standard InChI is InChI=1S/C40H35N5O2/c1-22-15-23(2)34(24(3)16-22)35-30-14-13-27(43-30)17-26-11-12-28(42-26)18-33-40(4,5)20-32(44-33)36-37-29(19-31(35)45-37)38(47-39(36)46)41-21-25-9-7-6-8-10-25/h6-19,41,44H,20-21H2,1-5H3. The third-order valence-corrected chi connectivity index (χ3v) is 9.25. The van der Waals surface area contributed by atoms with E-state index in [1.54, 1.807) is 0 Å². The molecule has 8 bridgehead atoms. The minimum atomic E-state index is -0.431. The van der Waals surface area contributed by atoms with Crippen molar-refractivity contribution in [2.24, 2.45) is 20.4 Å². The van der Waals surface area contributed by atoms with Crippen molar-refractivity contribution in [2.45, 2.75) is 47.6 Å². The highest BCUT2D eigenvalue weighted by atomic mass is 16.4. The molecule has 1 saturated heterocycles. The quantitative estimate of drug-likeness (QED) is 0.350. The molecule has 0 amide bonds. The summed E-state index contributed by atoms with van der Waals surface area (Å²) >= 11 is 0. The van der Waals surface area contributed by atoms with Crippen molar-refractivity contribution in [1.29, 1.82) is 0 Å². The number of benzene rings is 2. The lowest BCUT2D eigenvalue weighted by Gasteiger charge is -2.17. The van der Waals surface area contributed by atoms with Crippen LogP contribution in [-0.2, 0) is 6.54 Å². The van der Waals surface area contributed by atoms with Crippen LogP contribution in [-0.4, -0.2) is 11.4 Å². The van der Waals surface area contributed by atoms with Gasteiger partial charge < -0.3 is 15.1 Å². The fourth-order valence-corrected chi connectivity index (χ4v) is 7.09. The molecule has 7 nitrogen and oxygen atoms in total. The Morgan fingerprint density at radius 1 is 0.894 bits per heavy atom. The van der Waals surface area contributed by atoms with Gasteiger partial charge >= 0.3 is 5.63 Å². The number of anilines is 1. The zero-order chi connectivity index (χ0) is 32.4. The molecule has 0 radical (unpaired) electrons. The highest BCUT2D eigenvalue weighted by molar-refractivity contribution is 6.12. The number of aliphatic imine (C=N–C) groups is 2. The van der Waals surface area contributed by atoms with E-state index < -0.39 is 5.63 Å². The Balaban J connectivity index is 1.43. The van der Waals surface area contributed by atoms with Gasteiger partial charge in [-0.05, 0) is 92.0 Å². The second kappa shape index (κ2) is 10.8. The fourth-order valence-electron chi connectivity index (χ4n) is 7.09. The number of fused-ring (bicyclic) bond motifs is 5. The van der Waals surface area contributed by atoms with Gasteiger partial charge in [0.05, 0.1) is 39.4 Å². The smallest absolute Gasteiger partial charge is 0.348 e. The van der Waals surface area contributed by atoms with Crippen LogP contribution in [0.1, 0.15) is 53.6 Å². The summed E-state index contributed by atoms with van der Waals surface area (Å²) in [5.41, 5.74) is 12.4. The number of hydrogen-bond acceptors (Lipinski definition) is 7. The fraction of sp³-hybridized carbons (Fsp3) is 0.200. The van der Waals surface area contributed by atoms with E-state index in [1.807, 2.05) is 66.8 Å². The van der Waals surface area contributed by atoms with Crippen LogP contribution in [0.2, 0.25) is 0 Å². The molecule has 2 N–H and O–H groups in total. The van der Waals surface area contributed by atoms with Crippen molar-refractivity contribution in [2.75, 3.05) is 5.32 Å². The average molecular weight is 618 g/mol. The molecule has 8 rings (SSSR count). The van der Waals surface area contributed by atoms with Crippen molar-refractivity contribution in [1.82, 2.24) is 5.32 Å². The zero-order valence-electron chi connectivity index (χ0n) is 27.2. The molecule has 0 saturated carbocycles. The zero-order valence-corrected chi connectivity index (χ0v) is 27.2. The highest BCUT2D eigenvalue weighted by Crippen LogP contribution is 2.40. The van der Waals surface area contributed by atoms with E-state index in [-0.39, 0.29) is 5.41 Å². The average Bonchev–Trinajstić information content (AvgIpc) is 3.82. The minimum absolute atomic E-state index is 0.264. The molecule has 0 spiro atoms. The van der Waals surface area contributed by atoms with Gasteiger partial charge in [0.15, 0.2) is 0 Å². The molecule has 3 aromatic rings. The Kier molecular flexibility index (Phi) is 6.62. The first-order chi connectivity index (χ1) is 22.6. The Labute approximate surface area is 273 Å². The lowest BCUT2D eigenvalue weighted by molar-refractivity contribution is 0.483. The Morgan fingerprint density at radius 3 is 2.43 bits per heavy atom. The molecule has 2 aromatic carbocycles. The first-order valence-electron chi connectivity index (χ1n) is 16.0. The molecule has 5 aliphatic rings. The van der Waals surface area contributed by atoms with E-state index in [0.717, 1.165) is 73.3 Å². The third kappa shape index (κ3) is 5.08. The molecule has 6 heterocycles. The maximum Gasteiger partial charge on any atom is 0.348 e. The summed E-state index contributed by atoms with van der Waals surface area (Å²) in [6.07, 6.45) is 14.8. The molecule has 7 heteroatoms. The number of aryl methyl sites for hydroxylation is 3. The highest BCUT2D eigenvalue weighted by Gasteiger charge is 2.35. The van der Waals surface area contributed by atoms with Gasteiger partial charge in [-0.2, -0.15) is 0 Å². The van der Waals surface area contributed by atoms with Crippen LogP contribution in [0.4, 0.5) is 5.88 Å². The van der Waals surface area contributed by atoms with Crippen molar-refractivity contribution in [3.05, 3.63) is 156 Å². The van der Waals surface area contributed by atoms with E-state index >= 15 is 0 Å². The van der Waals surface area contributed by atoms with E-state index in [0.29, 0.717) is 29.4 Å². The van der Waals surface area contributed by atoms with Crippen LogP contribution in [0.3, 0.4) is 0 Å². The molecule has 47 heavy (non-hydrogen) atoms. The largest absolute Gasteiger partial charge is 0.405 e. The predicted molar refractivity (Wildman–Crippen MR) is 189 cm³/mol. The predicted octanol–water partition coefficient (Wildman–Crippen LogP) is 6.49. The lowest BCUT2D eigenvalue weighted by Crippen LogP contribution is -2.43. The van der Waals surface area contributed by atoms with Gasteiger partial charge in [0.1, 0.15) is 5.22 Å². The lowest BCUT2D eigenvalue weighted by atomic mass is 9.87. The van der Waals surface area contributed by atoms with Gasteiger partial charge in [-0.1, -0.05) is 61.9 Å². The van der Waals surface area contributed by atoms with Crippen LogP contribution < -0.4 is 26.8 Å². The van der Waals surface area contributed by atoms with Gasteiger partial charge in [-0.3, -0.25) is 0 Å². The summed E-state index contributed by atoms with van der Waals surface area (Å²) in [5.74, 6) is 0.400. The molecule has 0 aliphatic carbocycles. The van der Waals surface area contributed by atoms with Gasteiger partial charge in [0.2, 0.25) is 5.88 Å². The number of hydrogen-bond donors (Lipinski definition) is 2. The van der Waals surface area contributed by atoms with Crippen molar-refractivity contribution < 1.29 is 4.42 Å². The van der Waals surface area contributed by atoms with Crippen molar-refractivity contribution in [3.8, 4) is 0 Å². The molecule has 0 atom stereocenters. The van der Waals surface area contributed by atoms with Gasteiger partial charge in [0, 0.05) is 28.9 Å². The van der Waals surface area contributed by atoms with Gasteiger partial charge in [-0.25, -0.2) is 19.8 Å². The first-order valence-corrected chi connectivity index (χ1v) is 16.0. The number of allylic oxidation sites excluding steroid dienone is 8. The van der Waals surface area contributed by atoms with Gasteiger partial charge in [-0.15, -0.1) is 0 Å². The minimum Gasteiger partial charge on any atom is -0.405 e. The topological polar surface area (TPSA) is 91.4 Å². The molecule has 232 valence electrons. The van der Waals surface area contributed by atoms with Gasteiger partial charge in [0.25, 0.3) is 0 Å². The Bertz CT molecular complexity index is 2330. The van der Waals surface area contributed by atoms with E-state index in [9.17, 15) is 4.79 Å². The van der Waals surface area contributed by atoms with Crippen molar-refractivity contribution in [3.63, 3.8) is 0 Å². The van der Waals surface area contributed by atoms with Crippen LogP contribution in [0, 0.1) is 26.2 Å². The molecular weight excluding hydrogens is 582 g/mol. The summed E-state index contributed by atoms with van der Waals surface area (Å²) in [6.45, 7) is 11.2. The second-order valence-electron chi connectivity index (χ2n) is 13.4. The number of nitrogens with one attached hydrogen (secondary N) is 2. The number of nitrogens with zero attached hydrogens (tertiary/aromatic N) is 3. The first kappa shape index (κ1) is 28.9. The van der Waals surface area contributed by atoms with E-state index in [2.05, 4.69) is 63.5 Å². The SMILES string of the molecule is Cc1cc(C)c(C2=C3C=CC(=N3)C=C3C=CC(=N3)C=C3NC(=c4c(=O)oc(NCc5ccccc5)c5c4=NC2=C5)CC3(C)C)c(C)c1. The second-order valence-corrected chi connectivity index (χ2v) is 13.4. The van der Waals surface area contributed by atoms with E-state index in [1.165, 1.54) is 5.56 Å². The van der Waals surface area contributed by atoms with Crippen LogP contribution in [0.25, 0.3) is 17.3 Å². The summed E-state index contributed by atoms with van der Waals surface area (Å²) in [7, 11) is 0. The van der Waals surface area contributed by atoms with Crippen LogP contribution in [0.5, 0.6) is 0 Å². The third-order valence-electron chi connectivity index (χ3n) is 9.25.